The van der Waals surface area contributed by atoms with Crippen LogP contribution in [0.3, 0.4) is 0 Å². The van der Waals surface area contributed by atoms with Crippen molar-refractivity contribution in [2.75, 3.05) is 6.54 Å². The molecule has 0 unspecified atom stereocenters. The maximum atomic E-state index is 12.4. The quantitative estimate of drug-likeness (QED) is 0.660. The first-order valence-corrected chi connectivity index (χ1v) is 9.11. The summed E-state index contributed by atoms with van der Waals surface area (Å²) in [4.78, 5) is 16.9. The number of H-pyrrole nitrogens is 2. The van der Waals surface area contributed by atoms with E-state index in [1.165, 1.54) is 0 Å². The molecule has 0 amide bonds. The van der Waals surface area contributed by atoms with Gasteiger partial charge >= 0.3 is 5.69 Å². The van der Waals surface area contributed by atoms with Crippen LogP contribution in [-0.4, -0.2) is 24.9 Å². The SMILES string of the molecule is Cc1ccc(S(=O)(=O)NCCc2ccc3[nH]c(=O)[nH]c3c2)c(C)c1. The van der Waals surface area contributed by atoms with E-state index in [0.29, 0.717) is 11.3 Å². The van der Waals surface area contributed by atoms with Crippen molar-refractivity contribution in [1.82, 2.24) is 14.7 Å². The molecule has 0 aliphatic heterocycles. The van der Waals surface area contributed by atoms with Crippen molar-refractivity contribution in [2.45, 2.75) is 25.2 Å². The molecule has 1 heterocycles. The number of aryl methyl sites for hydroxylation is 2. The largest absolute Gasteiger partial charge is 0.323 e. The van der Waals surface area contributed by atoms with Crippen molar-refractivity contribution in [3.63, 3.8) is 0 Å². The van der Waals surface area contributed by atoms with Crippen LogP contribution in [0, 0.1) is 13.8 Å². The summed E-state index contributed by atoms with van der Waals surface area (Å²) in [5, 5.41) is 0. The van der Waals surface area contributed by atoms with Crippen molar-refractivity contribution >= 4 is 21.1 Å². The predicted octanol–water partition coefficient (Wildman–Crippen LogP) is 1.99. The Kier molecular flexibility index (Phi) is 4.29. The number of aromatic nitrogens is 2. The van der Waals surface area contributed by atoms with Crippen molar-refractivity contribution in [3.05, 3.63) is 63.6 Å². The molecule has 24 heavy (non-hydrogen) atoms. The fourth-order valence-corrected chi connectivity index (χ4v) is 4.00. The number of nitrogens with one attached hydrogen (secondary N) is 3. The molecule has 0 fully saturated rings. The van der Waals surface area contributed by atoms with Gasteiger partial charge in [-0.3, -0.25) is 0 Å². The third-order valence-corrected chi connectivity index (χ3v) is 5.53. The lowest BCUT2D eigenvalue weighted by Gasteiger charge is -2.10. The van der Waals surface area contributed by atoms with E-state index in [-0.39, 0.29) is 12.2 Å². The predicted molar refractivity (Wildman–Crippen MR) is 93.7 cm³/mol. The third kappa shape index (κ3) is 3.42. The van der Waals surface area contributed by atoms with Crippen LogP contribution in [0.2, 0.25) is 0 Å². The topological polar surface area (TPSA) is 94.8 Å². The highest BCUT2D eigenvalue weighted by molar-refractivity contribution is 7.89. The second-order valence-electron chi connectivity index (χ2n) is 5.88. The fraction of sp³-hybridized carbons (Fsp3) is 0.235. The molecule has 126 valence electrons. The normalized spacial score (nSPS) is 11.9. The molecule has 0 atom stereocenters. The van der Waals surface area contributed by atoms with Gasteiger partial charge < -0.3 is 9.97 Å². The molecule has 2 aromatic carbocycles. The summed E-state index contributed by atoms with van der Waals surface area (Å²) >= 11 is 0. The minimum absolute atomic E-state index is 0.252. The first-order chi connectivity index (χ1) is 11.3. The van der Waals surface area contributed by atoms with Crippen LogP contribution >= 0.6 is 0 Å². The molecule has 7 heteroatoms. The van der Waals surface area contributed by atoms with Gasteiger partial charge in [-0.15, -0.1) is 0 Å². The number of rotatable bonds is 5. The van der Waals surface area contributed by atoms with Crippen LogP contribution in [0.4, 0.5) is 0 Å². The maximum Gasteiger partial charge on any atom is 0.323 e. The standard InChI is InChI=1S/C17H19N3O3S/c1-11-3-6-16(12(2)9-11)24(22,23)18-8-7-13-4-5-14-15(10-13)20-17(21)19-14/h3-6,9-10,18H,7-8H2,1-2H3,(H2,19,20,21). The number of hydrogen-bond donors (Lipinski definition) is 3. The molecule has 1 aromatic heterocycles. The summed E-state index contributed by atoms with van der Waals surface area (Å²) in [6, 6.07) is 10.8. The van der Waals surface area contributed by atoms with E-state index in [1.54, 1.807) is 25.1 Å². The summed E-state index contributed by atoms with van der Waals surface area (Å²) < 4.78 is 27.4. The average Bonchev–Trinajstić information content (AvgIpc) is 2.86. The lowest BCUT2D eigenvalue weighted by Crippen LogP contribution is -2.26. The van der Waals surface area contributed by atoms with Crippen LogP contribution in [0.5, 0.6) is 0 Å². The summed E-state index contributed by atoms with van der Waals surface area (Å²) in [7, 11) is -3.53. The highest BCUT2D eigenvalue weighted by Gasteiger charge is 2.16. The van der Waals surface area contributed by atoms with E-state index in [4.69, 9.17) is 0 Å². The Morgan fingerprint density at radius 1 is 1.00 bits per heavy atom. The molecule has 3 rings (SSSR count). The number of aromatic amines is 2. The van der Waals surface area contributed by atoms with E-state index in [9.17, 15) is 13.2 Å². The van der Waals surface area contributed by atoms with Crippen molar-refractivity contribution < 1.29 is 8.42 Å². The molecule has 0 radical (unpaired) electrons. The Morgan fingerprint density at radius 3 is 2.50 bits per heavy atom. The van der Waals surface area contributed by atoms with Crippen molar-refractivity contribution in [3.8, 4) is 0 Å². The van der Waals surface area contributed by atoms with Crippen LogP contribution in [-0.2, 0) is 16.4 Å². The minimum Gasteiger partial charge on any atom is -0.306 e. The zero-order valence-corrected chi connectivity index (χ0v) is 14.3. The number of benzene rings is 2. The van der Waals surface area contributed by atoms with Gasteiger partial charge in [0, 0.05) is 6.54 Å². The van der Waals surface area contributed by atoms with Crippen LogP contribution < -0.4 is 10.4 Å². The lowest BCUT2D eigenvalue weighted by molar-refractivity contribution is 0.581. The smallest absolute Gasteiger partial charge is 0.306 e. The van der Waals surface area contributed by atoms with Crippen molar-refractivity contribution in [2.24, 2.45) is 0 Å². The van der Waals surface area contributed by atoms with Gasteiger partial charge in [-0.2, -0.15) is 0 Å². The first-order valence-electron chi connectivity index (χ1n) is 7.63. The maximum absolute atomic E-state index is 12.4. The number of hydrogen-bond acceptors (Lipinski definition) is 3. The Labute approximate surface area is 140 Å². The molecule has 0 bridgehead atoms. The molecule has 0 aliphatic rings. The Hall–Kier alpha value is -2.38. The summed E-state index contributed by atoms with van der Waals surface area (Å²) in [6.07, 6.45) is 0.535. The molecular weight excluding hydrogens is 326 g/mol. The van der Waals surface area contributed by atoms with Gasteiger partial charge in [0.1, 0.15) is 0 Å². The van der Waals surface area contributed by atoms with Crippen LogP contribution in [0.1, 0.15) is 16.7 Å². The van der Waals surface area contributed by atoms with Crippen LogP contribution in [0.25, 0.3) is 11.0 Å². The number of fused-ring (bicyclic) bond motifs is 1. The van der Waals surface area contributed by atoms with Gasteiger partial charge in [0.15, 0.2) is 0 Å². The second kappa shape index (κ2) is 6.26. The Morgan fingerprint density at radius 2 is 1.75 bits per heavy atom. The van der Waals surface area contributed by atoms with Gasteiger partial charge in [0.05, 0.1) is 15.9 Å². The highest BCUT2D eigenvalue weighted by atomic mass is 32.2. The minimum atomic E-state index is -3.53. The first kappa shape index (κ1) is 16.5. The lowest BCUT2D eigenvalue weighted by atomic mass is 10.1. The Bertz CT molecular complexity index is 1050. The van der Waals surface area contributed by atoms with Crippen molar-refractivity contribution in [1.29, 1.82) is 0 Å². The van der Waals surface area contributed by atoms with E-state index < -0.39 is 10.0 Å². The summed E-state index contributed by atoms with van der Waals surface area (Å²) in [6.45, 7) is 4.01. The number of sulfonamides is 1. The van der Waals surface area contributed by atoms with E-state index >= 15 is 0 Å². The van der Waals surface area contributed by atoms with E-state index in [1.807, 2.05) is 25.1 Å². The van der Waals surface area contributed by atoms with E-state index in [2.05, 4.69) is 14.7 Å². The van der Waals surface area contributed by atoms with Gasteiger partial charge in [-0.05, 0) is 49.6 Å². The van der Waals surface area contributed by atoms with Crippen LogP contribution in [0.15, 0.2) is 46.1 Å². The second-order valence-corrected chi connectivity index (χ2v) is 7.61. The molecule has 0 spiro atoms. The average molecular weight is 345 g/mol. The van der Waals surface area contributed by atoms with Gasteiger partial charge in [0.2, 0.25) is 10.0 Å². The molecule has 3 N–H and O–H groups in total. The zero-order valence-electron chi connectivity index (χ0n) is 13.5. The molecule has 0 saturated carbocycles. The monoisotopic (exact) mass is 345 g/mol. The molecule has 0 aliphatic carbocycles. The van der Waals surface area contributed by atoms with Gasteiger partial charge in [0.25, 0.3) is 0 Å². The zero-order chi connectivity index (χ0) is 17.3. The molecule has 3 aromatic rings. The fourth-order valence-electron chi connectivity index (χ4n) is 2.74. The van der Waals surface area contributed by atoms with Gasteiger partial charge in [-0.1, -0.05) is 23.8 Å². The van der Waals surface area contributed by atoms with Gasteiger partial charge in [-0.25, -0.2) is 17.9 Å². The molecular formula is C17H19N3O3S. The Balaban J connectivity index is 1.71. The van der Waals surface area contributed by atoms with E-state index in [0.717, 1.165) is 27.7 Å². The summed E-state index contributed by atoms with van der Waals surface area (Å²) in [5.74, 6) is 0. The molecule has 6 nitrogen and oxygen atoms in total. The third-order valence-electron chi connectivity index (χ3n) is 3.91. The highest BCUT2D eigenvalue weighted by Crippen LogP contribution is 2.16. The summed E-state index contributed by atoms with van der Waals surface area (Å²) in [5.41, 5.74) is 3.90. The number of imidazole rings is 1. The molecule has 0 saturated heterocycles.